The van der Waals surface area contributed by atoms with Gasteiger partial charge in [0.25, 0.3) is 0 Å². The van der Waals surface area contributed by atoms with Crippen LogP contribution in [0.2, 0.25) is 0 Å². The van der Waals surface area contributed by atoms with E-state index in [1.807, 2.05) is 13.8 Å². The molecule has 0 bridgehead atoms. The summed E-state index contributed by atoms with van der Waals surface area (Å²) in [6.45, 7) is 4.18. The van der Waals surface area contributed by atoms with Gasteiger partial charge < -0.3 is 5.32 Å². The molecule has 1 N–H and O–H groups in total. The number of benzene rings is 1. The average Bonchev–Trinajstić information content (AvgIpc) is 2.17. The molecule has 0 spiro atoms. The topological polar surface area (TPSA) is 46.2 Å². The third-order valence-electron chi connectivity index (χ3n) is 2.10. The zero-order chi connectivity index (χ0) is 12.2. The molecule has 0 amide bonds. The molecule has 90 valence electrons. The first-order valence-corrected chi connectivity index (χ1v) is 6.79. The van der Waals surface area contributed by atoms with Crippen molar-refractivity contribution in [1.29, 1.82) is 0 Å². The highest BCUT2D eigenvalue weighted by atomic mass is 32.2. The van der Waals surface area contributed by atoms with Crippen LogP contribution in [0.1, 0.15) is 13.8 Å². The fourth-order valence-electron chi connectivity index (χ4n) is 1.29. The minimum Gasteiger partial charge on any atom is -0.314 e. The zero-order valence-electron chi connectivity index (χ0n) is 9.40. The van der Waals surface area contributed by atoms with Crippen LogP contribution in [0.3, 0.4) is 0 Å². The van der Waals surface area contributed by atoms with Crippen LogP contribution in [0.15, 0.2) is 29.2 Å². The fourth-order valence-corrected chi connectivity index (χ4v) is 2.55. The van der Waals surface area contributed by atoms with Crippen LogP contribution in [-0.2, 0) is 9.84 Å². The summed E-state index contributed by atoms with van der Waals surface area (Å²) in [4.78, 5) is -0.222. The lowest BCUT2D eigenvalue weighted by atomic mass is 10.3. The Morgan fingerprint density at radius 1 is 1.31 bits per heavy atom. The van der Waals surface area contributed by atoms with Gasteiger partial charge in [0.2, 0.25) is 0 Å². The lowest BCUT2D eigenvalue weighted by Gasteiger charge is -2.09. The molecule has 0 radical (unpaired) electrons. The Morgan fingerprint density at radius 2 is 1.94 bits per heavy atom. The Bertz CT molecular complexity index is 443. The maximum absolute atomic E-state index is 13.3. The highest BCUT2D eigenvalue weighted by molar-refractivity contribution is 7.91. The van der Waals surface area contributed by atoms with Gasteiger partial charge in [-0.1, -0.05) is 26.0 Å². The van der Waals surface area contributed by atoms with E-state index in [4.69, 9.17) is 0 Å². The second kappa shape index (κ2) is 5.41. The molecule has 16 heavy (non-hydrogen) atoms. The van der Waals surface area contributed by atoms with Crippen LogP contribution >= 0.6 is 0 Å². The van der Waals surface area contributed by atoms with Crippen LogP contribution < -0.4 is 5.32 Å². The van der Waals surface area contributed by atoms with E-state index in [0.29, 0.717) is 6.54 Å². The number of sulfone groups is 1. The van der Waals surface area contributed by atoms with Crippen molar-refractivity contribution in [2.45, 2.75) is 24.8 Å². The summed E-state index contributed by atoms with van der Waals surface area (Å²) in [7, 11) is -3.52. The van der Waals surface area contributed by atoms with E-state index in [-0.39, 0.29) is 16.7 Å². The average molecular weight is 245 g/mol. The number of nitrogens with one attached hydrogen (secondary N) is 1. The third-order valence-corrected chi connectivity index (χ3v) is 3.84. The Hall–Kier alpha value is -0.940. The zero-order valence-corrected chi connectivity index (χ0v) is 10.2. The molecule has 0 aromatic heterocycles. The molecular weight excluding hydrogens is 229 g/mol. The number of halogens is 1. The van der Waals surface area contributed by atoms with E-state index in [2.05, 4.69) is 5.32 Å². The van der Waals surface area contributed by atoms with E-state index in [0.717, 1.165) is 6.07 Å². The van der Waals surface area contributed by atoms with Gasteiger partial charge in [0.15, 0.2) is 9.84 Å². The smallest absolute Gasteiger partial charge is 0.182 e. The maximum atomic E-state index is 13.3. The van der Waals surface area contributed by atoms with Gasteiger partial charge in [0.05, 0.1) is 5.75 Å². The van der Waals surface area contributed by atoms with Gasteiger partial charge in [-0.05, 0) is 12.1 Å². The van der Waals surface area contributed by atoms with Gasteiger partial charge in [-0.15, -0.1) is 0 Å². The molecule has 0 aliphatic rings. The predicted octanol–water partition coefficient (Wildman–Crippen LogP) is 1.60. The van der Waals surface area contributed by atoms with Crippen LogP contribution in [0.5, 0.6) is 0 Å². The first-order valence-electron chi connectivity index (χ1n) is 5.14. The standard InChI is InChI=1S/C11H16FNO2S/c1-9(2)13-7-8-16(14,15)11-6-4-3-5-10(11)12/h3-6,9,13H,7-8H2,1-2H3. The normalized spacial score (nSPS) is 12.0. The molecule has 0 saturated carbocycles. The van der Waals surface area contributed by atoms with Crippen LogP contribution in [0.4, 0.5) is 4.39 Å². The van der Waals surface area contributed by atoms with Crippen molar-refractivity contribution in [2.24, 2.45) is 0 Å². The summed E-state index contributed by atoms with van der Waals surface area (Å²) in [6.07, 6.45) is 0. The molecule has 0 unspecified atom stereocenters. The minimum atomic E-state index is -3.52. The first-order chi connectivity index (χ1) is 7.43. The molecule has 0 aliphatic heterocycles. The van der Waals surface area contributed by atoms with Crippen molar-refractivity contribution in [3.05, 3.63) is 30.1 Å². The molecule has 1 aromatic rings. The second-order valence-corrected chi connectivity index (χ2v) is 5.94. The summed E-state index contributed by atoms with van der Waals surface area (Å²) < 4.78 is 36.8. The molecule has 0 heterocycles. The summed E-state index contributed by atoms with van der Waals surface area (Å²) in [5, 5.41) is 2.99. The van der Waals surface area contributed by atoms with E-state index in [1.54, 1.807) is 0 Å². The molecule has 0 aliphatic carbocycles. The quantitative estimate of drug-likeness (QED) is 0.857. The van der Waals surface area contributed by atoms with E-state index < -0.39 is 15.7 Å². The summed E-state index contributed by atoms with van der Waals surface area (Å²) >= 11 is 0. The highest BCUT2D eigenvalue weighted by Gasteiger charge is 2.17. The molecule has 0 atom stereocenters. The monoisotopic (exact) mass is 245 g/mol. The van der Waals surface area contributed by atoms with E-state index in [1.165, 1.54) is 18.2 Å². The Kier molecular flexibility index (Phi) is 4.44. The summed E-state index contributed by atoms with van der Waals surface area (Å²) in [5.74, 6) is -0.779. The number of rotatable bonds is 5. The van der Waals surface area contributed by atoms with Crippen molar-refractivity contribution in [2.75, 3.05) is 12.3 Å². The van der Waals surface area contributed by atoms with Gasteiger partial charge in [-0.25, -0.2) is 12.8 Å². The van der Waals surface area contributed by atoms with Gasteiger partial charge >= 0.3 is 0 Å². The Balaban J connectivity index is 2.75. The van der Waals surface area contributed by atoms with Gasteiger partial charge in [-0.3, -0.25) is 0 Å². The Morgan fingerprint density at radius 3 is 2.50 bits per heavy atom. The highest BCUT2D eigenvalue weighted by Crippen LogP contribution is 2.14. The molecule has 0 saturated heterocycles. The van der Waals surface area contributed by atoms with Crippen molar-refractivity contribution < 1.29 is 12.8 Å². The fraction of sp³-hybridized carbons (Fsp3) is 0.455. The molecule has 1 rings (SSSR count). The Labute approximate surface area is 95.6 Å². The largest absolute Gasteiger partial charge is 0.314 e. The number of hydrogen-bond donors (Lipinski definition) is 1. The van der Waals surface area contributed by atoms with Gasteiger partial charge in [-0.2, -0.15) is 0 Å². The van der Waals surface area contributed by atoms with Gasteiger partial charge in [0, 0.05) is 12.6 Å². The van der Waals surface area contributed by atoms with E-state index >= 15 is 0 Å². The first kappa shape index (κ1) is 13.1. The summed E-state index contributed by atoms with van der Waals surface area (Å²) in [6, 6.07) is 5.66. The van der Waals surface area contributed by atoms with Crippen molar-refractivity contribution in [3.8, 4) is 0 Å². The van der Waals surface area contributed by atoms with Crippen molar-refractivity contribution in [1.82, 2.24) is 5.32 Å². The van der Waals surface area contributed by atoms with Crippen molar-refractivity contribution in [3.63, 3.8) is 0 Å². The van der Waals surface area contributed by atoms with Crippen LogP contribution in [0, 0.1) is 5.82 Å². The lowest BCUT2D eigenvalue weighted by Crippen LogP contribution is -2.28. The lowest BCUT2D eigenvalue weighted by molar-refractivity contribution is 0.559. The summed E-state index contributed by atoms with van der Waals surface area (Å²) in [5.41, 5.74) is 0. The number of hydrogen-bond acceptors (Lipinski definition) is 3. The van der Waals surface area contributed by atoms with E-state index in [9.17, 15) is 12.8 Å². The van der Waals surface area contributed by atoms with Crippen LogP contribution in [-0.4, -0.2) is 26.8 Å². The minimum absolute atomic E-state index is 0.0912. The second-order valence-electron chi connectivity index (χ2n) is 3.86. The third kappa shape index (κ3) is 3.57. The SMILES string of the molecule is CC(C)NCCS(=O)(=O)c1ccccc1F. The van der Waals surface area contributed by atoms with Crippen LogP contribution in [0.25, 0.3) is 0 Å². The molecule has 3 nitrogen and oxygen atoms in total. The van der Waals surface area contributed by atoms with Gasteiger partial charge in [0.1, 0.15) is 10.7 Å². The molecular formula is C11H16FNO2S. The van der Waals surface area contributed by atoms with Crippen molar-refractivity contribution >= 4 is 9.84 Å². The molecule has 1 aromatic carbocycles. The maximum Gasteiger partial charge on any atom is 0.182 e. The molecule has 5 heteroatoms. The molecule has 0 fully saturated rings. The predicted molar refractivity (Wildman–Crippen MR) is 61.6 cm³/mol.